The number of aromatic nitrogens is 3. The molecular formula is C14H27N5. The topological polar surface area (TPSA) is 46.0 Å². The van der Waals surface area contributed by atoms with Crippen LogP contribution >= 0.6 is 0 Å². The molecule has 108 valence electrons. The second kappa shape index (κ2) is 5.59. The molecule has 2 rings (SSSR count). The van der Waals surface area contributed by atoms with E-state index in [2.05, 4.69) is 54.9 Å². The lowest BCUT2D eigenvalue weighted by Gasteiger charge is -2.44. The third-order valence-corrected chi connectivity index (χ3v) is 3.88. The van der Waals surface area contributed by atoms with Crippen molar-refractivity contribution in [3.63, 3.8) is 0 Å². The summed E-state index contributed by atoms with van der Waals surface area (Å²) in [6, 6.07) is 0.957. The average molecular weight is 265 g/mol. The first-order valence-electron chi connectivity index (χ1n) is 7.30. The third kappa shape index (κ3) is 3.34. The first kappa shape index (κ1) is 14.5. The van der Waals surface area contributed by atoms with E-state index in [-0.39, 0.29) is 5.54 Å². The number of rotatable bonds is 4. The average Bonchev–Trinajstić information content (AvgIpc) is 2.76. The van der Waals surface area contributed by atoms with E-state index < -0.39 is 0 Å². The number of nitrogens with zero attached hydrogens (tertiary/aromatic N) is 4. The van der Waals surface area contributed by atoms with E-state index in [0.717, 1.165) is 25.5 Å². The summed E-state index contributed by atoms with van der Waals surface area (Å²) in [5.41, 5.74) is 0.175. The molecule has 0 saturated carbocycles. The molecule has 1 saturated heterocycles. The molecule has 0 aromatic carbocycles. The highest BCUT2D eigenvalue weighted by molar-refractivity contribution is 4.95. The van der Waals surface area contributed by atoms with E-state index in [1.165, 1.54) is 6.42 Å². The zero-order valence-corrected chi connectivity index (χ0v) is 12.8. The van der Waals surface area contributed by atoms with E-state index in [1.807, 2.05) is 4.68 Å². The predicted octanol–water partition coefficient (Wildman–Crippen LogP) is 1.82. The molecule has 1 aromatic rings. The quantitative estimate of drug-likeness (QED) is 0.902. The van der Waals surface area contributed by atoms with Gasteiger partial charge in [-0.05, 0) is 34.1 Å². The van der Waals surface area contributed by atoms with Crippen LogP contribution in [0, 0.1) is 0 Å². The van der Waals surface area contributed by atoms with E-state index >= 15 is 0 Å². The highest BCUT2D eigenvalue weighted by Gasteiger charge is 2.32. The molecule has 0 radical (unpaired) electrons. The van der Waals surface area contributed by atoms with Crippen molar-refractivity contribution in [1.82, 2.24) is 25.0 Å². The fourth-order valence-electron chi connectivity index (χ4n) is 2.80. The van der Waals surface area contributed by atoms with Crippen LogP contribution in [-0.4, -0.2) is 44.3 Å². The highest BCUT2D eigenvalue weighted by Crippen LogP contribution is 2.19. The molecule has 1 N–H and O–H groups in total. The fourth-order valence-corrected chi connectivity index (χ4v) is 2.80. The van der Waals surface area contributed by atoms with Gasteiger partial charge in [-0.25, -0.2) is 9.67 Å². The van der Waals surface area contributed by atoms with Crippen LogP contribution in [0.25, 0.3) is 0 Å². The monoisotopic (exact) mass is 265 g/mol. The summed E-state index contributed by atoms with van der Waals surface area (Å²) >= 11 is 0. The minimum atomic E-state index is 0.175. The molecule has 0 aliphatic carbocycles. The summed E-state index contributed by atoms with van der Waals surface area (Å²) in [7, 11) is 0. The van der Waals surface area contributed by atoms with Gasteiger partial charge in [0.2, 0.25) is 0 Å². The summed E-state index contributed by atoms with van der Waals surface area (Å²) in [6.45, 7) is 14.1. The van der Waals surface area contributed by atoms with E-state index in [4.69, 9.17) is 0 Å². The molecule has 2 heterocycles. The fraction of sp³-hybridized carbons (Fsp3) is 0.857. The lowest BCUT2D eigenvalue weighted by molar-refractivity contribution is 0.0816. The largest absolute Gasteiger partial charge is 0.309 e. The predicted molar refractivity (Wildman–Crippen MR) is 77.0 cm³/mol. The molecule has 1 fully saturated rings. The molecule has 1 aromatic heterocycles. The van der Waals surface area contributed by atoms with Gasteiger partial charge >= 0.3 is 0 Å². The zero-order valence-electron chi connectivity index (χ0n) is 12.8. The van der Waals surface area contributed by atoms with Crippen molar-refractivity contribution >= 4 is 0 Å². The number of nitrogens with one attached hydrogen (secondary N) is 1. The summed E-state index contributed by atoms with van der Waals surface area (Å²) in [6.07, 6.45) is 2.84. The Morgan fingerprint density at radius 3 is 2.84 bits per heavy atom. The Bertz CT molecular complexity index is 410. The number of hydrogen-bond acceptors (Lipinski definition) is 4. The van der Waals surface area contributed by atoms with Crippen molar-refractivity contribution in [1.29, 1.82) is 0 Å². The standard InChI is InChI=1S/C14H27N5/c1-6-12-7-16-14(4,5)9-18(12)8-13-15-10-17-19(13)11(2)3/h10-12,16H,6-9H2,1-5H3. The van der Waals surface area contributed by atoms with Crippen molar-refractivity contribution in [2.24, 2.45) is 0 Å². The Morgan fingerprint density at radius 1 is 1.47 bits per heavy atom. The first-order chi connectivity index (χ1) is 8.93. The van der Waals surface area contributed by atoms with Gasteiger partial charge in [-0.1, -0.05) is 6.92 Å². The zero-order chi connectivity index (χ0) is 14.0. The maximum Gasteiger partial charge on any atom is 0.141 e. The molecule has 1 atom stereocenters. The third-order valence-electron chi connectivity index (χ3n) is 3.88. The minimum absolute atomic E-state index is 0.175. The van der Waals surface area contributed by atoms with Crippen LogP contribution < -0.4 is 5.32 Å². The van der Waals surface area contributed by atoms with Gasteiger partial charge in [0.05, 0.1) is 6.54 Å². The molecule has 5 nitrogen and oxygen atoms in total. The summed E-state index contributed by atoms with van der Waals surface area (Å²) in [5, 5.41) is 7.95. The van der Waals surface area contributed by atoms with Crippen LogP contribution in [0.4, 0.5) is 0 Å². The van der Waals surface area contributed by atoms with Gasteiger partial charge in [0, 0.05) is 30.7 Å². The Morgan fingerprint density at radius 2 is 2.21 bits per heavy atom. The van der Waals surface area contributed by atoms with Gasteiger partial charge in [-0.15, -0.1) is 0 Å². The smallest absolute Gasteiger partial charge is 0.141 e. The molecule has 0 spiro atoms. The van der Waals surface area contributed by atoms with Gasteiger partial charge in [0.15, 0.2) is 0 Å². The van der Waals surface area contributed by atoms with Crippen LogP contribution in [0.5, 0.6) is 0 Å². The van der Waals surface area contributed by atoms with Gasteiger partial charge in [-0.3, -0.25) is 4.90 Å². The summed E-state index contributed by atoms with van der Waals surface area (Å²) < 4.78 is 2.03. The van der Waals surface area contributed by atoms with Gasteiger partial charge in [0.1, 0.15) is 12.2 Å². The second-order valence-electron chi connectivity index (χ2n) is 6.45. The van der Waals surface area contributed by atoms with Gasteiger partial charge in [0.25, 0.3) is 0 Å². The normalized spacial score (nSPS) is 24.0. The number of hydrogen-bond donors (Lipinski definition) is 1. The van der Waals surface area contributed by atoms with Crippen LogP contribution in [0.15, 0.2) is 6.33 Å². The summed E-state index contributed by atoms with van der Waals surface area (Å²) in [5.74, 6) is 1.08. The maximum absolute atomic E-state index is 4.44. The molecule has 19 heavy (non-hydrogen) atoms. The lowest BCUT2D eigenvalue weighted by atomic mass is 9.97. The van der Waals surface area contributed by atoms with Crippen molar-refractivity contribution in [3.8, 4) is 0 Å². The molecular weight excluding hydrogens is 238 g/mol. The SMILES string of the molecule is CCC1CNC(C)(C)CN1Cc1ncnn1C(C)C. The van der Waals surface area contributed by atoms with E-state index in [9.17, 15) is 0 Å². The Kier molecular flexibility index (Phi) is 4.26. The molecule has 1 aliphatic heterocycles. The van der Waals surface area contributed by atoms with Gasteiger partial charge in [-0.2, -0.15) is 5.10 Å². The van der Waals surface area contributed by atoms with Crippen LogP contribution in [0.3, 0.4) is 0 Å². The van der Waals surface area contributed by atoms with Crippen LogP contribution in [0.2, 0.25) is 0 Å². The Hall–Kier alpha value is -0.940. The molecule has 0 bridgehead atoms. The van der Waals surface area contributed by atoms with Crippen molar-refractivity contribution in [3.05, 3.63) is 12.2 Å². The molecule has 5 heteroatoms. The Balaban J connectivity index is 2.12. The van der Waals surface area contributed by atoms with Crippen molar-refractivity contribution in [2.75, 3.05) is 13.1 Å². The number of piperazine rings is 1. The first-order valence-corrected chi connectivity index (χ1v) is 7.30. The molecule has 0 amide bonds. The van der Waals surface area contributed by atoms with Crippen LogP contribution in [-0.2, 0) is 6.54 Å². The highest BCUT2D eigenvalue weighted by atomic mass is 15.4. The van der Waals surface area contributed by atoms with E-state index in [0.29, 0.717) is 12.1 Å². The minimum Gasteiger partial charge on any atom is -0.309 e. The van der Waals surface area contributed by atoms with Crippen LogP contribution in [0.1, 0.15) is 52.9 Å². The maximum atomic E-state index is 4.44. The second-order valence-corrected chi connectivity index (χ2v) is 6.45. The van der Waals surface area contributed by atoms with Gasteiger partial charge < -0.3 is 5.32 Å². The Labute approximate surface area is 116 Å². The summed E-state index contributed by atoms with van der Waals surface area (Å²) in [4.78, 5) is 6.98. The van der Waals surface area contributed by atoms with E-state index in [1.54, 1.807) is 6.33 Å². The molecule has 1 unspecified atom stereocenters. The van der Waals surface area contributed by atoms with Crippen molar-refractivity contribution < 1.29 is 0 Å². The molecule has 1 aliphatic rings. The lowest BCUT2D eigenvalue weighted by Crippen LogP contribution is -2.61. The van der Waals surface area contributed by atoms with Crippen molar-refractivity contribution in [2.45, 2.75) is 65.2 Å².